The number of carbonyl (C=O) groups is 2. The predicted octanol–water partition coefficient (Wildman–Crippen LogP) is 1.67. The Balaban J connectivity index is 1.56. The van der Waals surface area contributed by atoms with Gasteiger partial charge in [-0.1, -0.05) is 0 Å². The Bertz CT molecular complexity index is 633. The van der Waals surface area contributed by atoms with Crippen molar-refractivity contribution in [2.24, 2.45) is 0 Å². The molecule has 25 heavy (non-hydrogen) atoms. The first-order chi connectivity index (χ1) is 11.8. The van der Waals surface area contributed by atoms with Gasteiger partial charge in [-0.15, -0.1) is 0 Å². The van der Waals surface area contributed by atoms with Gasteiger partial charge in [-0.25, -0.2) is 14.6 Å². The van der Waals surface area contributed by atoms with Gasteiger partial charge in [0.05, 0.1) is 11.9 Å². The zero-order chi connectivity index (χ0) is 18.0. The normalized spacial score (nSPS) is 18.4. The van der Waals surface area contributed by atoms with E-state index in [0.717, 1.165) is 18.8 Å². The summed E-state index contributed by atoms with van der Waals surface area (Å²) in [4.78, 5) is 33.7. The van der Waals surface area contributed by atoms with E-state index >= 15 is 0 Å². The fourth-order valence-corrected chi connectivity index (χ4v) is 2.89. The monoisotopic (exact) mass is 347 g/mol. The molecule has 2 aliphatic heterocycles. The molecule has 8 nitrogen and oxygen atoms in total. The number of carbonyl (C=O) groups excluding carboxylic acids is 2. The number of ether oxygens (including phenoxy) is 1. The SMILES string of the molecule is CC(C)(C)OC(=O)N1CCN(c2ccc(N3CCNC3=O)nc2)CC1. The maximum Gasteiger partial charge on any atom is 0.410 e. The van der Waals surface area contributed by atoms with Crippen molar-refractivity contribution in [1.29, 1.82) is 0 Å². The molecule has 3 heterocycles. The molecule has 1 N–H and O–H groups in total. The van der Waals surface area contributed by atoms with Crippen LogP contribution >= 0.6 is 0 Å². The first kappa shape index (κ1) is 17.3. The number of hydrogen-bond acceptors (Lipinski definition) is 5. The molecule has 3 amide bonds. The number of aromatic nitrogens is 1. The molecule has 0 radical (unpaired) electrons. The number of hydrogen-bond donors (Lipinski definition) is 1. The van der Waals surface area contributed by atoms with Crippen LogP contribution in [0, 0.1) is 0 Å². The number of anilines is 2. The predicted molar refractivity (Wildman–Crippen MR) is 95.0 cm³/mol. The highest BCUT2D eigenvalue weighted by molar-refractivity contribution is 5.93. The van der Waals surface area contributed by atoms with Crippen LogP contribution in [-0.4, -0.2) is 66.9 Å². The zero-order valence-electron chi connectivity index (χ0n) is 15.0. The zero-order valence-corrected chi connectivity index (χ0v) is 15.0. The van der Waals surface area contributed by atoms with E-state index in [1.165, 1.54) is 0 Å². The molecule has 0 aromatic carbocycles. The van der Waals surface area contributed by atoms with Gasteiger partial charge in [-0.3, -0.25) is 4.90 Å². The molecule has 1 aromatic heterocycles. The third kappa shape index (κ3) is 4.12. The van der Waals surface area contributed by atoms with E-state index < -0.39 is 5.60 Å². The molecule has 1 aromatic rings. The maximum absolute atomic E-state index is 12.1. The van der Waals surface area contributed by atoms with Crippen LogP contribution in [0.25, 0.3) is 0 Å². The van der Waals surface area contributed by atoms with Crippen LogP contribution in [-0.2, 0) is 4.74 Å². The fourth-order valence-electron chi connectivity index (χ4n) is 2.89. The van der Waals surface area contributed by atoms with Crippen LogP contribution in [0.4, 0.5) is 21.1 Å². The van der Waals surface area contributed by atoms with Crippen molar-refractivity contribution in [2.45, 2.75) is 26.4 Å². The lowest BCUT2D eigenvalue weighted by molar-refractivity contribution is 0.0240. The second-order valence-corrected chi connectivity index (χ2v) is 7.21. The Hall–Kier alpha value is -2.51. The molecule has 0 atom stereocenters. The van der Waals surface area contributed by atoms with Crippen molar-refractivity contribution in [3.8, 4) is 0 Å². The lowest BCUT2D eigenvalue weighted by Gasteiger charge is -2.36. The molecule has 2 fully saturated rings. The van der Waals surface area contributed by atoms with Crippen molar-refractivity contribution < 1.29 is 14.3 Å². The largest absolute Gasteiger partial charge is 0.444 e. The van der Waals surface area contributed by atoms with E-state index in [-0.39, 0.29) is 12.1 Å². The fraction of sp³-hybridized carbons (Fsp3) is 0.588. The third-order valence-electron chi connectivity index (χ3n) is 4.16. The Morgan fingerprint density at radius 2 is 1.88 bits per heavy atom. The third-order valence-corrected chi connectivity index (χ3v) is 4.16. The van der Waals surface area contributed by atoms with Gasteiger partial charge in [0.2, 0.25) is 0 Å². The Morgan fingerprint density at radius 3 is 2.40 bits per heavy atom. The number of piperazine rings is 1. The highest BCUT2D eigenvalue weighted by Gasteiger charge is 2.26. The summed E-state index contributed by atoms with van der Waals surface area (Å²) in [6, 6.07) is 3.73. The summed E-state index contributed by atoms with van der Waals surface area (Å²) in [6.07, 6.45) is 1.52. The van der Waals surface area contributed by atoms with Crippen molar-refractivity contribution in [3.05, 3.63) is 18.3 Å². The highest BCUT2D eigenvalue weighted by atomic mass is 16.6. The molecule has 136 valence electrons. The molecule has 2 aliphatic rings. The second-order valence-electron chi connectivity index (χ2n) is 7.21. The van der Waals surface area contributed by atoms with Crippen molar-refractivity contribution >= 4 is 23.6 Å². The van der Waals surface area contributed by atoms with Gasteiger partial charge in [0.15, 0.2) is 0 Å². The minimum Gasteiger partial charge on any atom is -0.444 e. The topological polar surface area (TPSA) is 78.0 Å². The standard InChI is InChI=1S/C17H25N5O3/c1-17(2,3)25-16(24)21-10-8-20(9-11-21)13-4-5-14(19-12-13)22-7-6-18-15(22)23/h4-5,12H,6-11H2,1-3H3,(H,18,23). The number of rotatable bonds is 2. The number of nitrogens with one attached hydrogen (secondary N) is 1. The van der Waals surface area contributed by atoms with Gasteiger partial charge in [-0.2, -0.15) is 0 Å². The summed E-state index contributed by atoms with van der Waals surface area (Å²) >= 11 is 0. The van der Waals surface area contributed by atoms with Crippen LogP contribution < -0.4 is 15.1 Å². The summed E-state index contributed by atoms with van der Waals surface area (Å²) in [5, 5.41) is 2.76. The van der Waals surface area contributed by atoms with Crippen molar-refractivity contribution in [2.75, 3.05) is 49.1 Å². The molecule has 8 heteroatoms. The highest BCUT2D eigenvalue weighted by Crippen LogP contribution is 2.21. The van der Waals surface area contributed by atoms with E-state index in [9.17, 15) is 9.59 Å². The van der Waals surface area contributed by atoms with Crippen LogP contribution in [0.1, 0.15) is 20.8 Å². The van der Waals surface area contributed by atoms with Crippen LogP contribution in [0.15, 0.2) is 18.3 Å². The number of urea groups is 1. The number of nitrogens with zero attached hydrogens (tertiary/aromatic N) is 4. The van der Waals surface area contributed by atoms with E-state index in [2.05, 4.69) is 15.2 Å². The minimum absolute atomic E-state index is 0.105. The summed E-state index contributed by atoms with van der Waals surface area (Å²) in [5.41, 5.74) is 0.516. The van der Waals surface area contributed by atoms with Gasteiger partial charge in [0, 0.05) is 39.3 Å². The average Bonchev–Trinajstić information content (AvgIpc) is 3.00. The van der Waals surface area contributed by atoms with Gasteiger partial charge >= 0.3 is 12.1 Å². The van der Waals surface area contributed by atoms with E-state index in [1.54, 1.807) is 16.0 Å². The second kappa shape index (κ2) is 6.78. The minimum atomic E-state index is -0.476. The molecule has 3 rings (SSSR count). The number of pyridine rings is 1. The van der Waals surface area contributed by atoms with Crippen LogP contribution in [0.3, 0.4) is 0 Å². The van der Waals surface area contributed by atoms with Crippen molar-refractivity contribution in [3.63, 3.8) is 0 Å². The lowest BCUT2D eigenvalue weighted by atomic mass is 10.2. The Morgan fingerprint density at radius 1 is 1.16 bits per heavy atom. The van der Waals surface area contributed by atoms with E-state index in [0.29, 0.717) is 32.0 Å². The van der Waals surface area contributed by atoms with Gasteiger partial charge in [-0.05, 0) is 32.9 Å². The van der Waals surface area contributed by atoms with E-state index in [1.807, 2.05) is 32.9 Å². The van der Waals surface area contributed by atoms with Crippen molar-refractivity contribution in [1.82, 2.24) is 15.2 Å². The van der Waals surface area contributed by atoms with Crippen LogP contribution in [0.2, 0.25) is 0 Å². The lowest BCUT2D eigenvalue weighted by Crippen LogP contribution is -2.50. The first-order valence-corrected chi connectivity index (χ1v) is 8.58. The molecular formula is C17H25N5O3. The Labute approximate surface area is 147 Å². The van der Waals surface area contributed by atoms with Gasteiger partial charge in [0.25, 0.3) is 0 Å². The van der Waals surface area contributed by atoms with Gasteiger partial charge in [0.1, 0.15) is 11.4 Å². The maximum atomic E-state index is 12.1. The molecule has 0 saturated carbocycles. The van der Waals surface area contributed by atoms with E-state index in [4.69, 9.17) is 4.74 Å². The Kier molecular flexibility index (Phi) is 4.69. The smallest absolute Gasteiger partial charge is 0.410 e. The summed E-state index contributed by atoms with van der Waals surface area (Å²) in [5.74, 6) is 0.658. The molecule has 2 saturated heterocycles. The summed E-state index contributed by atoms with van der Waals surface area (Å²) in [7, 11) is 0. The average molecular weight is 347 g/mol. The number of amides is 3. The summed E-state index contributed by atoms with van der Waals surface area (Å²) < 4.78 is 5.41. The molecule has 0 unspecified atom stereocenters. The van der Waals surface area contributed by atoms with Crippen LogP contribution in [0.5, 0.6) is 0 Å². The van der Waals surface area contributed by atoms with Gasteiger partial charge < -0.3 is 19.9 Å². The molecule has 0 spiro atoms. The molecular weight excluding hydrogens is 322 g/mol. The molecule has 0 bridgehead atoms. The summed E-state index contributed by atoms with van der Waals surface area (Å²) in [6.45, 7) is 9.58. The molecule has 0 aliphatic carbocycles. The first-order valence-electron chi connectivity index (χ1n) is 8.58. The quantitative estimate of drug-likeness (QED) is 0.880.